The van der Waals surface area contributed by atoms with Crippen LogP contribution in [0, 0.1) is 5.92 Å². The Labute approximate surface area is 74.4 Å². The summed E-state index contributed by atoms with van der Waals surface area (Å²) in [5.41, 5.74) is 0. The van der Waals surface area contributed by atoms with Gasteiger partial charge < -0.3 is 14.8 Å². The van der Waals surface area contributed by atoms with Crippen LogP contribution in [0.1, 0.15) is 12.8 Å². The lowest BCUT2D eigenvalue weighted by Gasteiger charge is -2.14. The molecule has 1 N–H and O–H groups in total. The molecular weight excluding hydrogens is 154 g/mol. The van der Waals surface area contributed by atoms with Gasteiger partial charge in [-0.15, -0.1) is 0 Å². The molecule has 1 aliphatic rings. The van der Waals surface area contributed by atoms with Gasteiger partial charge in [-0.2, -0.15) is 0 Å². The maximum atomic E-state index is 5.21. The Balaban J connectivity index is 1.93. The Kier molecular flexibility index (Phi) is 4.58. The van der Waals surface area contributed by atoms with Crippen LogP contribution in [0.3, 0.4) is 0 Å². The van der Waals surface area contributed by atoms with Crippen molar-refractivity contribution in [3.63, 3.8) is 0 Å². The van der Waals surface area contributed by atoms with E-state index in [4.69, 9.17) is 9.47 Å². The molecule has 0 radical (unpaired) electrons. The largest absolute Gasteiger partial charge is 0.382 e. The van der Waals surface area contributed by atoms with Gasteiger partial charge in [0.15, 0.2) is 0 Å². The summed E-state index contributed by atoms with van der Waals surface area (Å²) in [7, 11) is 3.43. The van der Waals surface area contributed by atoms with Crippen molar-refractivity contribution in [3.8, 4) is 0 Å². The van der Waals surface area contributed by atoms with Gasteiger partial charge in [-0.05, 0) is 25.3 Å². The average molecular weight is 173 g/mol. The smallest absolute Gasteiger partial charge is 0.0928 e. The average Bonchev–Trinajstić information content (AvgIpc) is 2.87. The van der Waals surface area contributed by atoms with Crippen molar-refractivity contribution < 1.29 is 9.47 Å². The highest BCUT2D eigenvalue weighted by atomic mass is 16.5. The second-order valence-corrected chi connectivity index (χ2v) is 3.41. The number of rotatable bonds is 7. The van der Waals surface area contributed by atoms with E-state index in [1.165, 1.54) is 12.8 Å². The van der Waals surface area contributed by atoms with Crippen molar-refractivity contribution in [3.05, 3.63) is 0 Å². The molecule has 0 bridgehead atoms. The molecule has 0 aromatic heterocycles. The fourth-order valence-electron chi connectivity index (χ4n) is 1.17. The van der Waals surface area contributed by atoms with Gasteiger partial charge in [-0.1, -0.05) is 0 Å². The summed E-state index contributed by atoms with van der Waals surface area (Å²) in [5.74, 6) is 0.935. The van der Waals surface area contributed by atoms with Crippen LogP contribution in [0.15, 0.2) is 0 Å². The lowest BCUT2D eigenvalue weighted by Crippen LogP contribution is -2.32. The van der Waals surface area contributed by atoms with Gasteiger partial charge in [0.1, 0.15) is 0 Å². The molecule has 3 nitrogen and oxygen atoms in total. The van der Waals surface area contributed by atoms with Crippen molar-refractivity contribution in [1.29, 1.82) is 0 Å². The molecule has 0 aromatic rings. The van der Waals surface area contributed by atoms with Gasteiger partial charge >= 0.3 is 0 Å². The summed E-state index contributed by atoms with van der Waals surface area (Å²) in [6.45, 7) is 2.72. The molecule has 1 atom stereocenters. The minimum atomic E-state index is 0.203. The van der Waals surface area contributed by atoms with E-state index < -0.39 is 0 Å². The molecule has 0 spiro atoms. The fraction of sp³-hybridized carbons (Fsp3) is 1.00. The molecule has 0 saturated heterocycles. The normalized spacial score (nSPS) is 19.5. The maximum absolute atomic E-state index is 5.21. The number of ether oxygens (including phenoxy) is 2. The molecule has 1 aliphatic carbocycles. The lowest BCUT2D eigenvalue weighted by molar-refractivity contribution is 0.0289. The summed E-state index contributed by atoms with van der Waals surface area (Å²) < 4.78 is 10.2. The lowest BCUT2D eigenvalue weighted by atomic mass is 10.3. The van der Waals surface area contributed by atoms with Crippen LogP contribution in [-0.4, -0.2) is 40.0 Å². The zero-order valence-corrected chi connectivity index (χ0v) is 8.01. The first-order chi connectivity index (χ1) is 5.86. The molecule has 72 valence electrons. The van der Waals surface area contributed by atoms with E-state index in [2.05, 4.69) is 5.32 Å². The summed E-state index contributed by atoms with van der Waals surface area (Å²) in [6.07, 6.45) is 3.00. The second kappa shape index (κ2) is 5.51. The molecule has 1 rings (SSSR count). The molecule has 1 fully saturated rings. The Bertz CT molecular complexity index is 115. The quantitative estimate of drug-likeness (QED) is 0.613. The first-order valence-corrected chi connectivity index (χ1v) is 4.59. The highest BCUT2D eigenvalue weighted by Gasteiger charge is 2.20. The molecule has 1 saturated carbocycles. The highest BCUT2D eigenvalue weighted by Crippen LogP contribution is 2.27. The number of hydrogen-bond acceptors (Lipinski definition) is 3. The van der Waals surface area contributed by atoms with E-state index in [-0.39, 0.29) is 6.10 Å². The van der Waals surface area contributed by atoms with Gasteiger partial charge in [0.25, 0.3) is 0 Å². The molecule has 0 heterocycles. The van der Waals surface area contributed by atoms with Gasteiger partial charge in [-0.3, -0.25) is 0 Å². The highest BCUT2D eigenvalue weighted by molar-refractivity contribution is 4.76. The van der Waals surface area contributed by atoms with Gasteiger partial charge in [0, 0.05) is 20.8 Å². The third-order valence-corrected chi connectivity index (χ3v) is 2.19. The first-order valence-electron chi connectivity index (χ1n) is 4.59. The van der Waals surface area contributed by atoms with Crippen LogP contribution in [-0.2, 0) is 9.47 Å². The topological polar surface area (TPSA) is 30.5 Å². The van der Waals surface area contributed by atoms with Crippen molar-refractivity contribution >= 4 is 0 Å². The maximum Gasteiger partial charge on any atom is 0.0928 e. The molecule has 0 aromatic carbocycles. The van der Waals surface area contributed by atoms with Gasteiger partial charge in [0.05, 0.1) is 12.7 Å². The third kappa shape index (κ3) is 4.04. The summed E-state index contributed by atoms with van der Waals surface area (Å²) >= 11 is 0. The molecule has 3 heteroatoms. The summed E-state index contributed by atoms with van der Waals surface area (Å²) in [6, 6.07) is 0. The van der Waals surface area contributed by atoms with Crippen molar-refractivity contribution in [2.75, 3.05) is 33.9 Å². The fourth-order valence-corrected chi connectivity index (χ4v) is 1.17. The molecule has 0 aliphatic heterocycles. The van der Waals surface area contributed by atoms with E-state index in [1.54, 1.807) is 14.2 Å². The van der Waals surface area contributed by atoms with E-state index in [9.17, 15) is 0 Å². The van der Waals surface area contributed by atoms with Crippen LogP contribution in [0.4, 0.5) is 0 Å². The van der Waals surface area contributed by atoms with Crippen molar-refractivity contribution in [2.24, 2.45) is 5.92 Å². The summed E-state index contributed by atoms with van der Waals surface area (Å²) in [4.78, 5) is 0. The molecule has 1 unspecified atom stereocenters. The van der Waals surface area contributed by atoms with Crippen LogP contribution in [0.25, 0.3) is 0 Å². The molecular formula is C9H19NO2. The van der Waals surface area contributed by atoms with Gasteiger partial charge in [0.2, 0.25) is 0 Å². The zero-order valence-electron chi connectivity index (χ0n) is 8.01. The van der Waals surface area contributed by atoms with Crippen molar-refractivity contribution in [2.45, 2.75) is 18.9 Å². The predicted octanol–water partition coefficient (Wildman–Crippen LogP) is 0.647. The first kappa shape index (κ1) is 9.96. The van der Waals surface area contributed by atoms with E-state index in [0.717, 1.165) is 19.0 Å². The van der Waals surface area contributed by atoms with Crippen LogP contribution < -0.4 is 5.32 Å². The Morgan fingerprint density at radius 1 is 1.42 bits per heavy atom. The van der Waals surface area contributed by atoms with Gasteiger partial charge in [-0.25, -0.2) is 0 Å². The van der Waals surface area contributed by atoms with E-state index in [0.29, 0.717) is 6.61 Å². The Morgan fingerprint density at radius 2 is 2.17 bits per heavy atom. The predicted molar refractivity (Wildman–Crippen MR) is 48.3 cm³/mol. The van der Waals surface area contributed by atoms with Crippen LogP contribution >= 0.6 is 0 Å². The summed E-state index contributed by atoms with van der Waals surface area (Å²) in [5, 5.41) is 3.38. The Morgan fingerprint density at radius 3 is 2.67 bits per heavy atom. The van der Waals surface area contributed by atoms with Crippen LogP contribution in [0.2, 0.25) is 0 Å². The van der Waals surface area contributed by atoms with E-state index in [1.807, 2.05) is 0 Å². The Hall–Kier alpha value is -0.120. The molecule has 0 amide bonds. The van der Waals surface area contributed by atoms with E-state index >= 15 is 0 Å². The minimum absolute atomic E-state index is 0.203. The standard InChI is InChI=1S/C9H19NO2/c1-11-7-9(12-2)6-10-5-8-3-4-8/h8-10H,3-7H2,1-2H3. The minimum Gasteiger partial charge on any atom is -0.382 e. The SMILES string of the molecule is COCC(CNCC1CC1)OC. The monoisotopic (exact) mass is 173 g/mol. The van der Waals surface area contributed by atoms with Crippen molar-refractivity contribution in [1.82, 2.24) is 5.32 Å². The van der Waals surface area contributed by atoms with Crippen LogP contribution in [0.5, 0.6) is 0 Å². The zero-order chi connectivity index (χ0) is 8.81. The molecule has 12 heavy (non-hydrogen) atoms. The number of methoxy groups -OCH3 is 2. The third-order valence-electron chi connectivity index (χ3n) is 2.19. The number of hydrogen-bond donors (Lipinski definition) is 1. The number of nitrogens with one attached hydrogen (secondary N) is 1. The second-order valence-electron chi connectivity index (χ2n) is 3.41.